The van der Waals surface area contributed by atoms with Gasteiger partial charge in [-0.15, -0.1) is 0 Å². The fourth-order valence-corrected chi connectivity index (χ4v) is 1.71. The molecule has 1 fully saturated rings. The SMILES string of the molecule is CCN1CC(Oc2ccc(C(=O)OC)cn2)C1. The second-order valence-corrected chi connectivity index (χ2v) is 3.97. The van der Waals surface area contributed by atoms with Crippen molar-refractivity contribution < 1.29 is 14.3 Å². The minimum absolute atomic E-state index is 0.214. The Kier molecular flexibility index (Phi) is 3.58. The Morgan fingerprint density at radius 1 is 1.53 bits per heavy atom. The number of hydrogen-bond acceptors (Lipinski definition) is 5. The first-order valence-corrected chi connectivity index (χ1v) is 5.66. The van der Waals surface area contributed by atoms with Gasteiger partial charge in [-0.3, -0.25) is 4.90 Å². The molecule has 17 heavy (non-hydrogen) atoms. The van der Waals surface area contributed by atoms with Gasteiger partial charge in [0.1, 0.15) is 6.10 Å². The Morgan fingerprint density at radius 2 is 2.29 bits per heavy atom. The van der Waals surface area contributed by atoms with Crippen molar-refractivity contribution in [2.75, 3.05) is 26.7 Å². The van der Waals surface area contributed by atoms with E-state index in [1.54, 1.807) is 12.1 Å². The van der Waals surface area contributed by atoms with Crippen LogP contribution in [0.15, 0.2) is 18.3 Å². The number of rotatable bonds is 4. The minimum Gasteiger partial charge on any atom is -0.472 e. The van der Waals surface area contributed by atoms with E-state index in [0.29, 0.717) is 11.4 Å². The van der Waals surface area contributed by atoms with E-state index in [1.807, 2.05) is 0 Å². The van der Waals surface area contributed by atoms with E-state index in [-0.39, 0.29) is 12.1 Å². The summed E-state index contributed by atoms with van der Waals surface area (Å²) < 4.78 is 10.2. The lowest BCUT2D eigenvalue weighted by molar-refractivity contribution is 0.0209. The number of likely N-dealkylation sites (tertiary alicyclic amines) is 1. The van der Waals surface area contributed by atoms with E-state index in [1.165, 1.54) is 13.3 Å². The fourth-order valence-electron chi connectivity index (χ4n) is 1.71. The molecule has 5 nitrogen and oxygen atoms in total. The molecule has 1 aromatic heterocycles. The smallest absolute Gasteiger partial charge is 0.339 e. The van der Waals surface area contributed by atoms with Gasteiger partial charge in [-0.1, -0.05) is 6.92 Å². The number of carbonyl (C=O) groups is 1. The molecule has 0 aromatic carbocycles. The molecule has 1 aromatic rings. The molecule has 0 N–H and O–H groups in total. The highest BCUT2D eigenvalue weighted by Crippen LogP contribution is 2.16. The monoisotopic (exact) mass is 236 g/mol. The number of ether oxygens (including phenoxy) is 2. The summed E-state index contributed by atoms with van der Waals surface area (Å²) in [5.41, 5.74) is 0.434. The molecular formula is C12H16N2O3. The van der Waals surface area contributed by atoms with Crippen LogP contribution in [0.25, 0.3) is 0 Å². The Labute approximate surface area is 100 Å². The van der Waals surface area contributed by atoms with Crippen LogP contribution in [0, 0.1) is 0 Å². The molecule has 1 saturated heterocycles. The third-order valence-electron chi connectivity index (χ3n) is 2.82. The van der Waals surface area contributed by atoms with Crippen molar-refractivity contribution in [3.8, 4) is 5.88 Å². The van der Waals surface area contributed by atoms with E-state index in [9.17, 15) is 4.79 Å². The molecule has 2 heterocycles. The van der Waals surface area contributed by atoms with Gasteiger partial charge in [-0.2, -0.15) is 0 Å². The standard InChI is InChI=1S/C12H16N2O3/c1-3-14-7-10(8-14)17-11-5-4-9(6-13-11)12(15)16-2/h4-6,10H,3,7-8H2,1-2H3. The van der Waals surface area contributed by atoms with Gasteiger partial charge in [0.25, 0.3) is 0 Å². The van der Waals surface area contributed by atoms with E-state index in [0.717, 1.165) is 19.6 Å². The zero-order valence-electron chi connectivity index (χ0n) is 10.0. The van der Waals surface area contributed by atoms with Crippen LogP contribution < -0.4 is 4.74 Å². The molecule has 2 rings (SSSR count). The van der Waals surface area contributed by atoms with Crippen LogP contribution in [0.1, 0.15) is 17.3 Å². The Balaban J connectivity index is 1.88. The number of carbonyl (C=O) groups excluding carboxylic acids is 1. The lowest BCUT2D eigenvalue weighted by Gasteiger charge is -2.37. The summed E-state index contributed by atoms with van der Waals surface area (Å²) >= 11 is 0. The molecule has 0 aliphatic carbocycles. The fraction of sp³-hybridized carbons (Fsp3) is 0.500. The predicted molar refractivity (Wildman–Crippen MR) is 62.1 cm³/mol. The molecule has 0 bridgehead atoms. The lowest BCUT2D eigenvalue weighted by atomic mass is 10.2. The third kappa shape index (κ3) is 2.74. The number of esters is 1. The van der Waals surface area contributed by atoms with Gasteiger partial charge >= 0.3 is 5.97 Å². The second-order valence-electron chi connectivity index (χ2n) is 3.97. The first-order valence-electron chi connectivity index (χ1n) is 5.66. The van der Waals surface area contributed by atoms with Crippen LogP contribution in [0.5, 0.6) is 5.88 Å². The van der Waals surface area contributed by atoms with E-state index in [2.05, 4.69) is 21.5 Å². The minimum atomic E-state index is -0.384. The molecule has 0 radical (unpaired) electrons. The van der Waals surface area contributed by atoms with Gasteiger partial charge in [-0.05, 0) is 12.6 Å². The molecule has 0 unspecified atom stereocenters. The molecule has 1 aliphatic rings. The number of likely N-dealkylation sites (N-methyl/N-ethyl adjacent to an activating group) is 1. The zero-order valence-corrected chi connectivity index (χ0v) is 10.0. The first kappa shape index (κ1) is 11.9. The molecule has 0 saturated carbocycles. The maximum absolute atomic E-state index is 11.2. The second kappa shape index (κ2) is 5.14. The van der Waals surface area contributed by atoms with Gasteiger partial charge in [0.15, 0.2) is 0 Å². The van der Waals surface area contributed by atoms with E-state index < -0.39 is 0 Å². The maximum Gasteiger partial charge on any atom is 0.339 e. The number of hydrogen-bond donors (Lipinski definition) is 0. The molecule has 0 atom stereocenters. The van der Waals surface area contributed by atoms with Crippen molar-refractivity contribution >= 4 is 5.97 Å². The first-order chi connectivity index (χ1) is 8.22. The Morgan fingerprint density at radius 3 is 2.82 bits per heavy atom. The van der Waals surface area contributed by atoms with Gasteiger partial charge in [-0.25, -0.2) is 9.78 Å². The largest absolute Gasteiger partial charge is 0.472 e. The van der Waals surface area contributed by atoms with Crippen molar-refractivity contribution in [2.24, 2.45) is 0 Å². The Hall–Kier alpha value is -1.62. The molecule has 0 spiro atoms. The molecular weight excluding hydrogens is 220 g/mol. The zero-order chi connectivity index (χ0) is 12.3. The summed E-state index contributed by atoms with van der Waals surface area (Å²) in [6, 6.07) is 3.35. The van der Waals surface area contributed by atoms with Crippen LogP contribution >= 0.6 is 0 Å². The van der Waals surface area contributed by atoms with Crippen molar-refractivity contribution in [1.82, 2.24) is 9.88 Å². The van der Waals surface area contributed by atoms with Crippen molar-refractivity contribution in [3.63, 3.8) is 0 Å². The van der Waals surface area contributed by atoms with E-state index in [4.69, 9.17) is 4.74 Å². The van der Waals surface area contributed by atoms with Crippen LogP contribution in [-0.2, 0) is 4.74 Å². The number of nitrogens with zero attached hydrogens (tertiary/aromatic N) is 2. The molecule has 92 valence electrons. The van der Waals surface area contributed by atoms with Crippen LogP contribution in [0.2, 0.25) is 0 Å². The lowest BCUT2D eigenvalue weighted by Crippen LogP contribution is -2.53. The average molecular weight is 236 g/mol. The summed E-state index contributed by atoms with van der Waals surface area (Å²) in [6.07, 6.45) is 1.68. The average Bonchev–Trinajstić information content (AvgIpc) is 2.33. The Bertz CT molecular complexity index is 385. The van der Waals surface area contributed by atoms with Gasteiger partial charge in [0, 0.05) is 25.4 Å². The summed E-state index contributed by atoms with van der Waals surface area (Å²) in [4.78, 5) is 17.6. The summed E-state index contributed by atoms with van der Waals surface area (Å²) in [7, 11) is 1.35. The summed E-state index contributed by atoms with van der Waals surface area (Å²) in [5, 5.41) is 0. The van der Waals surface area contributed by atoms with Gasteiger partial charge in [0.05, 0.1) is 12.7 Å². The summed E-state index contributed by atoms with van der Waals surface area (Å²) in [6.45, 7) is 5.06. The normalized spacial score (nSPS) is 16.4. The van der Waals surface area contributed by atoms with Crippen LogP contribution in [-0.4, -0.2) is 48.7 Å². The van der Waals surface area contributed by atoms with Crippen LogP contribution in [0.3, 0.4) is 0 Å². The quantitative estimate of drug-likeness (QED) is 0.728. The highest BCUT2D eigenvalue weighted by Gasteiger charge is 2.27. The third-order valence-corrected chi connectivity index (χ3v) is 2.82. The molecule has 1 aliphatic heterocycles. The number of aromatic nitrogens is 1. The van der Waals surface area contributed by atoms with Crippen molar-refractivity contribution in [2.45, 2.75) is 13.0 Å². The van der Waals surface area contributed by atoms with Gasteiger partial charge in [0.2, 0.25) is 5.88 Å². The van der Waals surface area contributed by atoms with Gasteiger partial charge < -0.3 is 9.47 Å². The van der Waals surface area contributed by atoms with Crippen molar-refractivity contribution in [3.05, 3.63) is 23.9 Å². The maximum atomic E-state index is 11.2. The number of methoxy groups -OCH3 is 1. The number of pyridine rings is 1. The van der Waals surface area contributed by atoms with Crippen LogP contribution in [0.4, 0.5) is 0 Å². The predicted octanol–water partition coefficient (Wildman–Crippen LogP) is 0.951. The topological polar surface area (TPSA) is 51.7 Å². The molecule has 5 heteroatoms. The highest BCUT2D eigenvalue weighted by atomic mass is 16.5. The summed E-state index contributed by atoms with van der Waals surface area (Å²) in [5.74, 6) is 0.170. The van der Waals surface area contributed by atoms with E-state index >= 15 is 0 Å². The molecule has 0 amide bonds. The van der Waals surface area contributed by atoms with Crippen molar-refractivity contribution in [1.29, 1.82) is 0 Å². The highest BCUT2D eigenvalue weighted by molar-refractivity contribution is 5.88.